The standard InChI is InChI=1S/C25H31N3O3S/c1-4-20-17-21(25(32-20)26-24(29)22-7-6-16-31-22)23(18-8-10-19(30-3)11-9-18)28-14-12-27(5-2)13-15-28/h6-11,16-17,23H,4-5,12-15H2,1-3H3,(H,26,29)/t23-/m0/s1. The highest BCUT2D eigenvalue weighted by molar-refractivity contribution is 7.16. The Bertz CT molecular complexity index is 1010. The highest BCUT2D eigenvalue weighted by Gasteiger charge is 2.30. The number of hydrogen-bond acceptors (Lipinski definition) is 6. The van der Waals surface area contributed by atoms with Crippen molar-refractivity contribution in [3.63, 3.8) is 0 Å². The lowest BCUT2D eigenvalue weighted by Gasteiger charge is -2.39. The lowest BCUT2D eigenvalue weighted by molar-refractivity contribution is 0.0995. The first-order valence-electron chi connectivity index (χ1n) is 11.2. The Morgan fingerprint density at radius 2 is 1.91 bits per heavy atom. The molecule has 0 radical (unpaired) electrons. The number of carbonyl (C=O) groups excluding carboxylic acids is 1. The number of hydrogen-bond donors (Lipinski definition) is 1. The molecule has 170 valence electrons. The van der Waals surface area contributed by atoms with Crippen molar-refractivity contribution in [3.8, 4) is 5.75 Å². The van der Waals surface area contributed by atoms with E-state index in [9.17, 15) is 4.79 Å². The summed E-state index contributed by atoms with van der Waals surface area (Å²) < 4.78 is 10.7. The molecule has 0 saturated carbocycles. The molecule has 7 heteroatoms. The summed E-state index contributed by atoms with van der Waals surface area (Å²) in [5.74, 6) is 0.944. The Kier molecular flexibility index (Phi) is 7.29. The van der Waals surface area contributed by atoms with Gasteiger partial charge >= 0.3 is 0 Å². The topological polar surface area (TPSA) is 58.0 Å². The number of aryl methyl sites for hydroxylation is 1. The van der Waals surface area contributed by atoms with Gasteiger partial charge in [0, 0.05) is 36.6 Å². The van der Waals surface area contributed by atoms with Crippen molar-refractivity contribution >= 4 is 22.2 Å². The van der Waals surface area contributed by atoms with Gasteiger partial charge in [-0.2, -0.15) is 0 Å². The number of piperazine rings is 1. The maximum absolute atomic E-state index is 12.8. The minimum absolute atomic E-state index is 0.0587. The molecule has 3 aromatic rings. The number of methoxy groups -OCH3 is 1. The first-order valence-corrected chi connectivity index (χ1v) is 12.0. The minimum Gasteiger partial charge on any atom is -0.497 e. The van der Waals surface area contributed by atoms with Gasteiger partial charge in [0.05, 0.1) is 19.4 Å². The van der Waals surface area contributed by atoms with Crippen LogP contribution in [0.4, 0.5) is 5.00 Å². The quantitative estimate of drug-likeness (QED) is 0.526. The van der Waals surface area contributed by atoms with Crippen molar-refractivity contribution in [2.24, 2.45) is 0 Å². The van der Waals surface area contributed by atoms with Crippen molar-refractivity contribution < 1.29 is 13.9 Å². The van der Waals surface area contributed by atoms with Gasteiger partial charge in [-0.1, -0.05) is 26.0 Å². The SMILES string of the molecule is CCc1cc([C@H](c2ccc(OC)cc2)N2CCN(CC)CC2)c(NC(=O)c2ccco2)s1. The van der Waals surface area contributed by atoms with Crippen LogP contribution in [0.15, 0.2) is 53.1 Å². The summed E-state index contributed by atoms with van der Waals surface area (Å²) in [6, 6.07) is 14.0. The second-order valence-electron chi connectivity index (χ2n) is 7.93. The lowest BCUT2D eigenvalue weighted by Crippen LogP contribution is -2.47. The van der Waals surface area contributed by atoms with Crippen molar-refractivity contribution in [2.45, 2.75) is 26.3 Å². The molecule has 1 amide bonds. The number of ether oxygens (including phenoxy) is 1. The maximum Gasteiger partial charge on any atom is 0.291 e. The molecule has 1 aromatic carbocycles. The fourth-order valence-electron chi connectivity index (χ4n) is 4.22. The summed E-state index contributed by atoms with van der Waals surface area (Å²) in [7, 11) is 1.69. The van der Waals surface area contributed by atoms with E-state index in [4.69, 9.17) is 9.15 Å². The minimum atomic E-state index is -0.218. The van der Waals surface area contributed by atoms with Gasteiger partial charge in [-0.25, -0.2) is 0 Å². The summed E-state index contributed by atoms with van der Waals surface area (Å²) in [5, 5.41) is 4.01. The molecule has 0 spiro atoms. The summed E-state index contributed by atoms with van der Waals surface area (Å²) in [5.41, 5.74) is 2.34. The average Bonchev–Trinajstić information content (AvgIpc) is 3.51. The van der Waals surface area contributed by atoms with Gasteiger partial charge < -0.3 is 19.4 Å². The number of carbonyl (C=O) groups is 1. The molecule has 0 bridgehead atoms. The van der Waals surface area contributed by atoms with Gasteiger partial charge in [-0.15, -0.1) is 11.3 Å². The van der Waals surface area contributed by atoms with Gasteiger partial charge in [0.25, 0.3) is 5.91 Å². The first-order chi connectivity index (χ1) is 15.6. The Morgan fingerprint density at radius 3 is 2.50 bits per heavy atom. The largest absolute Gasteiger partial charge is 0.497 e. The zero-order valence-electron chi connectivity index (χ0n) is 19.0. The Balaban J connectivity index is 1.71. The van der Waals surface area contributed by atoms with Crippen LogP contribution in [0.25, 0.3) is 0 Å². The van der Waals surface area contributed by atoms with Gasteiger partial charge in [-0.3, -0.25) is 9.69 Å². The molecule has 0 aliphatic carbocycles. The Labute approximate surface area is 193 Å². The number of likely N-dealkylation sites (N-methyl/N-ethyl adjacent to an activating group) is 1. The molecule has 1 N–H and O–H groups in total. The van der Waals surface area contributed by atoms with Crippen LogP contribution in [0.3, 0.4) is 0 Å². The van der Waals surface area contributed by atoms with Gasteiger partial charge in [0.15, 0.2) is 5.76 Å². The van der Waals surface area contributed by atoms with Gasteiger partial charge in [-0.05, 0) is 48.9 Å². The molecule has 4 rings (SSSR count). The molecular formula is C25H31N3O3S. The smallest absolute Gasteiger partial charge is 0.291 e. The number of rotatable bonds is 8. The molecule has 32 heavy (non-hydrogen) atoms. The number of amides is 1. The van der Waals surface area contributed by atoms with E-state index in [2.05, 4.69) is 47.2 Å². The van der Waals surface area contributed by atoms with Gasteiger partial charge in [0.1, 0.15) is 10.8 Å². The number of anilines is 1. The molecule has 0 unspecified atom stereocenters. The predicted molar refractivity (Wildman–Crippen MR) is 129 cm³/mol. The van der Waals surface area contributed by atoms with E-state index in [1.165, 1.54) is 16.7 Å². The number of nitrogens with zero attached hydrogens (tertiary/aromatic N) is 2. The fraction of sp³-hybridized carbons (Fsp3) is 0.400. The third kappa shape index (κ3) is 4.90. The molecule has 2 aromatic heterocycles. The van der Waals surface area contributed by atoms with E-state index in [-0.39, 0.29) is 11.9 Å². The molecule has 1 atom stereocenters. The van der Waals surface area contributed by atoms with E-state index in [1.807, 2.05) is 12.1 Å². The third-order valence-corrected chi connectivity index (χ3v) is 7.29. The average molecular weight is 454 g/mol. The van der Waals surface area contributed by atoms with E-state index in [0.717, 1.165) is 55.5 Å². The van der Waals surface area contributed by atoms with Crippen LogP contribution in [0.2, 0.25) is 0 Å². The van der Waals surface area contributed by atoms with Crippen LogP contribution in [-0.2, 0) is 6.42 Å². The summed E-state index contributed by atoms with van der Waals surface area (Å²) in [4.78, 5) is 19.0. The van der Waals surface area contributed by atoms with Crippen LogP contribution < -0.4 is 10.1 Å². The fourth-order valence-corrected chi connectivity index (χ4v) is 5.24. The number of nitrogens with one attached hydrogen (secondary N) is 1. The van der Waals surface area contributed by atoms with Gasteiger partial charge in [0.2, 0.25) is 0 Å². The highest BCUT2D eigenvalue weighted by Crippen LogP contribution is 2.40. The Morgan fingerprint density at radius 1 is 1.16 bits per heavy atom. The van der Waals surface area contributed by atoms with Crippen molar-refractivity contribution in [3.05, 3.63) is 70.5 Å². The van der Waals surface area contributed by atoms with E-state index >= 15 is 0 Å². The number of benzene rings is 1. The third-order valence-electron chi connectivity index (χ3n) is 6.08. The van der Waals surface area contributed by atoms with E-state index in [1.54, 1.807) is 30.6 Å². The van der Waals surface area contributed by atoms with Crippen molar-refractivity contribution in [1.82, 2.24) is 9.80 Å². The monoisotopic (exact) mass is 453 g/mol. The lowest BCUT2D eigenvalue weighted by atomic mass is 9.97. The van der Waals surface area contributed by atoms with E-state index < -0.39 is 0 Å². The molecule has 6 nitrogen and oxygen atoms in total. The van der Waals surface area contributed by atoms with Crippen LogP contribution in [0, 0.1) is 0 Å². The van der Waals surface area contributed by atoms with Crippen LogP contribution in [0.5, 0.6) is 5.75 Å². The zero-order chi connectivity index (χ0) is 22.5. The summed E-state index contributed by atoms with van der Waals surface area (Å²) >= 11 is 1.65. The van der Waals surface area contributed by atoms with Crippen LogP contribution >= 0.6 is 11.3 Å². The summed E-state index contributed by atoms with van der Waals surface area (Å²) in [6.45, 7) is 9.48. The van der Waals surface area contributed by atoms with Crippen molar-refractivity contribution in [2.75, 3.05) is 45.2 Å². The zero-order valence-corrected chi connectivity index (χ0v) is 19.8. The summed E-state index contributed by atoms with van der Waals surface area (Å²) in [6.07, 6.45) is 2.45. The van der Waals surface area contributed by atoms with Crippen molar-refractivity contribution in [1.29, 1.82) is 0 Å². The molecular weight excluding hydrogens is 422 g/mol. The van der Waals surface area contributed by atoms with Crippen LogP contribution in [0.1, 0.15) is 46.4 Å². The Hall–Kier alpha value is -2.61. The molecule has 1 aliphatic heterocycles. The second kappa shape index (κ2) is 10.3. The molecule has 1 aliphatic rings. The normalized spacial score (nSPS) is 16.1. The van der Waals surface area contributed by atoms with E-state index in [0.29, 0.717) is 5.76 Å². The van der Waals surface area contributed by atoms with Crippen LogP contribution in [-0.4, -0.2) is 55.5 Å². The number of furan rings is 1. The maximum atomic E-state index is 12.8. The predicted octanol–water partition coefficient (Wildman–Crippen LogP) is 4.89. The first kappa shape index (κ1) is 22.6. The highest BCUT2D eigenvalue weighted by atomic mass is 32.1. The number of thiophene rings is 1. The molecule has 3 heterocycles. The second-order valence-corrected chi connectivity index (χ2v) is 9.06. The molecule has 1 saturated heterocycles. The molecule has 1 fully saturated rings.